The smallest absolute Gasteiger partial charge is 0.254 e. The monoisotopic (exact) mass is 215 g/mol. The van der Waals surface area contributed by atoms with E-state index in [1.165, 1.54) is 0 Å². The van der Waals surface area contributed by atoms with Crippen molar-refractivity contribution in [2.75, 3.05) is 0 Å². The number of hydrogen-bond acceptors (Lipinski definition) is 4. The van der Waals surface area contributed by atoms with Gasteiger partial charge in [-0.3, -0.25) is 10.0 Å². The molecule has 1 atom stereocenters. The number of nitrogens with one attached hydrogen (secondary N) is 1. The summed E-state index contributed by atoms with van der Waals surface area (Å²) in [6.45, 7) is 0. The predicted octanol–water partition coefficient (Wildman–Crippen LogP) is 0.435. The Morgan fingerprint density at radius 1 is 1.40 bits per heavy atom. The molecular formula is C9H17N3O3. The highest BCUT2D eigenvalue weighted by Crippen LogP contribution is 2.30. The van der Waals surface area contributed by atoms with E-state index in [1.807, 2.05) is 0 Å². The van der Waals surface area contributed by atoms with E-state index in [-0.39, 0.29) is 11.8 Å². The van der Waals surface area contributed by atoms with Crippen LogP contribution in [0.3, 0.4) is 0 Å². The molecule has 0 heterocycles. The SMILES string of the molecule is N/C(=N\O)C(C(=O)NO)C1CCCCC1. The van der Waals surface area contributed by atoms with Crippen LogP contribution in [0.15, 0.2) is 5.16 Å². The van der Waals surface area contributed by atoms with Crippen LogP contribution in [0.2, 0.25) is 0 Å². The highest BCUT2D eigenvalue weighted by molar-refractivity contribution is 6.01. The third-order valence-corrected chi connectivity index (χ3v) is 2.95. The molecule has 0 aromatic rings. The van der Waals surface area contributed by atoms with Gasteiger partial charge in [-0.1, -0.05) is 24.4 Å². The van der Waals surface area contributed by atoms with Crippen molar-refractivity contribution >= 4 is 11.7 Å². The van der Waals surface area contributed by atoms with E-state index in [9.17, 15) is 4.79 Å². The molecule has 0 aromatic heterocycles. The number of hydroxylamine groups is 1. The maximum atomic E-state index is 11.4. The lowest BCUT2D eigenvalue weighted by molar-refractivity contribution is -0.133. The number of nitrogens with two attached hydrogens (primary N) is 1. The molecule has 15 heavy (non-hydrogen) atoms. The van der Waals surface area contributed by atoms with Crippen LogP contribution in [0.5, 0.6) is 0 Å². The van der Waals surface area contributed by atoms with Gasteiger partial charge in [0.2, 0.25) is 0 Å². The normalized spacial score (nSPS) is 21.0. The molecule has 86 valence electrons. The van der Waals surface area contributed by atoms with Crippen molar-refractivity contribution in [3.05, 3.63) is 0 Å². The molecule has 1 rings (SSSR count). The molecule has 0 bridgehead atoms. The number of hydrogen-bond donors (Lipinski definition) is 4. The summed E-state index contributed by atoms with van der Waals surface area (Å²) in [6, 6.07) is 0. The molecule has 1 amide bonds. The van der Waals surface area contributed by atoms with Crippen molar-refractivity contribution in [3.8, 4) is 0 Å². The summed E-state index contributed by atoms with van der Waals surface area (Å²) in [6.07, 6.45) is 4.97. The summed E-state index contributed by atoms with van der Waals surface area (Å²) in [5, 5.41) is 20.0. The third kappa shape index (κ3) is 2.82. The Kier molecular flexibility index (Phi) is 4.36. The first-order valence-electron chi connectivity index (χ1n) is 5.12. The number of carbonyl (C=O) groups excluding carboxylic acids is 1. The second kappa shape index (κ2) is 5.55. The van der Waals surface area contributed by atoms with Gasteiger partial charge in [-0.05, 0) is 18.8 Å². The average molecular weight is 215 g/mol. The van der Waals surface area contributed by atoms with E-state index in [4.69, 9.17) is 16.1 Å². The molecule has 1 unspecified atom stereocenters. The van der Waals surface area contributed by atoms with Gasteiger partial charge in [0.25, 0.3) is 5.91 Å². The summed E-state index contributed by atoms with van der Waals surface area (Å²) in [4.78, 5) is 11.4. The number of rotatable bonds is 3. The van der Waals surface area contributed by atoms with Crippen LogP contribution < -0.4 is 11.2 Å². The van der Waals surface area contributed by atoms with Crippen LogP contribution in [-0.2, 0) is 4.79 Å². The number of amidine groups is 1. The molecular weight excluding hydrogens is 198 g/mol. The van der Waals surface area contributed by atoms with Crippen molar-refractivity contribution in [1.29, 1.82) is 0 Å². The van der Waals surface area contributed by atoms with E-state index < -0.39 is 11.8 Å². The average Bonchev–Trinajstić information content (AvgIpc) is 2.30. The van der Waals surface area contributed by atoms with Gasteiger partial charge in [-0.25, -0.2) is 5.48 Å². The lowest BCUT2D eigenvalue weighted by Crippen LogP contribution is -2.42. The highest BCUT2D eigenvalue weighted by atomic mass is 16.5. The van der Waals surface area contributed by atoms with Gasteiger partial charge in [-0.2, -0.15) is 0 Å². The van der Waals surface area contributed by atoms with Gasteiger partial charge in [0.15, 0.2) is 5.84 Å². The third-order valence-electron chi connectivity index (χ3n) is 2.95. The van der Waals surface area contributed by atoms with Crippen molar-refractivity contribution in [3.63, 3.8) is 0 Å². The van der Waals surface area contributed by atoms with E-state index >= 15 is 0 Å². The second-order valence-corrected chi connectivity index (χ2v) is 3.88. The zero-order valence-corrected chi connectivity index (χ0v) is 8.52. The van der Waals surface area contributed by atoms with E-state index in [1.54, 1.807) is 5.48 Å². The van der Waals surface area contributed by atoms with E-state index in [2.05, 4.69) is 5.16 Å². The largest absolute Gasteiger partial charge is 0.409 e. The molecule has 6 nitrogen and oxygen atoms in total. The second-order valence-electron chi connectivity index (χ2n) is 3.88. The maximum absolute atomic E-state index is 11.4. The maximum Gasteiger partial charge on any atom is 0.254 e. The summed E-state index contributed by atoms with van der Waals surface area (Å²) < 4.78 is 0. The van der Waals surface area contributed by atoms with Crippen LogP contribution in [0.4, 0.5) is 0 Å². The lowest BCUT2D eigenvalue weighted by Gasteiger charge is -2.27. The zero-order chi connectivity index (χ0) is 11.3. The number of carbonyl (C=O) groups is 1. The molecule has 0 saturated heterocycles. The first-order chi connectivity index (χ1) is 7.20. The topological polar surface area (TPSA) is 108 Å². The number of oxime groups is 1. The van der Waals surface area contributed by atoms with Crippen molar-refractivity contribution in [2.45, 2.75) is 32.1 Å². The standard InChI is InChI=1S/C9H17N3O3/c10-8(11-14)7(9(13)12-15)6-4-2-1-3-5-6/h6-7,14-15H,1-5H2,(H2,10,11)(H,12,13). The highest BCUT2D eigenvalue weighted by Gasteiger charge is 2.32. The van der Waals surface area contributed by atoms with Crippen LogP contribution in [0, 0.1) is 11.8 Å². The summed E-state index contributed by atoms with van der Waals surface area (Å²) >= 11 is 0. The summed E-state index contributed by atoms with van der Waals surface area (Å²) in [5.74, 6) is -1.40. The Bertz CT molecular complexity index is 249. The minimum absolute atomic E-state index is 0.0572. The number of amides is 1. The first kappa shape index (κ1) is 11.8. The molecule has 5 N–H and O–H groups in total. The molecule has 0 aromatic carbocycles. The van der Waals surface area contributed by atoms with Gasteiger partial charge >= 0.3 is 0 Å². The van der Waals surface area contributed by atoms with Crippen molar-refractivity contribution in [2.24, 2.45) is 22.7 Å². The molecule has 1 aliphatic rings. The first-order valence-corrected chi connectivity index (χ1v) is 5.12. The Hall–Kier alpha value is -1.30. The van der Waals surface area contributed by atoms with Gasteiger partial charge in [-0.15, -0.1) is 0 Å². The molecule has 0 spiro atoms. The fourth-order valence-electron chi connectivity index (χ4n) is 2.19. The van der Waals surface area contributed by atoms with Gasteiger partial charge in [0.05, 0.1) is 0 Å². The quantitative estimate of drug-likeness (QED) is 0.180. The summed E-state index contributed by atoms with van der Waals surface area (Å²) in [7, 11) is 0. The Balaban J connectivity index is 2.74. The predicted molar refractivity (Wildman–Crippen MR) is 53.4 cm³/mol. The molecule has 0 radical (unpaired) electrons. The van der Waals surface area contributed by atoms with Crippen LogP contribution >= 0.6 is 0 Å². The van der Waals surface area contributed by atoms with Crippen molar-refractivity contribution < 1.29 is 15.2 Å². The lowest BCUT2D eigenvalue weighted by atomic mass is 9.79. The van der Waals surface area contributed by atoms with Crippen LogP contribution in [0.1, 0.15) is 32.1 Å². The van der Waals surface area contributed by atoms with E-state index in [0.717, 1.165) is 32.1 Å². The Morgan fingerprint density at radius 3 is 2.47 bits per heavy atom. The van der Waals surface area contributed by atoms with Gasteiger partial charge < -0.3 is 10.9 Å². The minimum Gasteiger partial charge on any atom is -0.409 e. The van der Waals surface area contributed by atoms with E-state index in [0.29, 0.717) is 0 Å². The molecule has 6 heteroatoms. The Morgan fingerprint density at radius 2 is 2.00 bits per heavy atom. The number of nitrogens with zero attached hydrogens (tertiary/aromatic N) is 1. The molecule has 1 saturated carbocycles. The minimum atomic E-state index is -0.722. The van der Waals surface area contributed by atoms with Gasteiger partial charge in [0.1, 0.15) is 5.92 Å². The van der Waals surface area contributed by atoms with Crippen LogP contribution in [0.25, 0.3) is 0 Å². The summed E-state index contributed by atoms with van der Waals surface area (Å²) in [5.41, 5.74) is 7.02. The zero-order valence-electron chi connectivity index (χ0n) is 8.52. The Labute approximate surface area is 88.1 Å². The van der Waals surface area contributed by atoms with Crippen molar-refractivity contribution in [1.82, 2.24) is 5.48 Å². The molecule has 1 aliphatic carbocycles. The van der Waals surface area contributed by atoms with Crippen LogP contribution in [-0.4, -0.2) is 22.2 Å². The molecule has 1 fully saturated rings. The van der Waals surface area contributed by atoms with Gasteiger partial charge in [0, 0.05) is 0 Å². The molecule has 0 aliphatic heterocycles. The fourth-order valence-corrected chi connectivity index (χ4v) is 2.19. The fraction of sp³-hybridized carbons (Fsp3) is 0.778.